The van der Waals surface area contributed by atoms with Gasteiger partial charge >= 0.3 is 0 Å². The van der Waals surface area contributed by atoms with E-state index in [1.807, 2.05) is 42.6 Å². The first-order valence-electron chi connectivity index (χ1n) is 13.7. The summed E-state index contributed by atoms with van der Waals surface area (Å²) in [6.45, 7) is 0. The van der Waals surface area contributed by atoms with Gasteiger partial charge in [0.25, 0.3) is 0 Å². The zero-order valence-electron chi connectivity index (χ0n) is 21.7. The molecule has 1 heterocycles. The molecule has 2 aliphatic rings. The molecule has 2 saturated carbocycles. The third kappa shape index (κ3) is 6.95. The number of fused-ring (bicyclic) bond motifs is 3. The molecule has 0 spiro atoms. The molecule has 1 aromatic heterocycles. The van der Waals surface area contributed by atoms with Crippen molar-refractivity contribution in [3.05, 3.63) is 84.8 Å². The number of aliphatic hydroxyl groups excluding tert-OH is 1. The molecule has 1 radical (unpaired) electrons. The van der Waals surface area contributed by atoms with Gasteiger partial charge in [-0.1, -0.05) is 74.9 Å². The molecule has 0 aliphatic heterocycles. The van der Waals surface area contributed by atoms with Crippen LogP contribution in [0.5, 0.6) is 0 Å². The Bertz CT molecular complexity index is 1370. The molecular formula is C33H35IrN2O2-. The minimum atomic E-state index is 0. The van der Waals surface area contributed by atoms with E-state index in [-0.39, 0.29) is 37.7 Å². The number of hydrogen-bond acceptors (Lipinski definition) is 4. The van der Waals surface area contributed by atoms with Gasteiger partial charge in [-0.05, 0) is 31.1 Å². The summed E-state index contributed by atoms with van der Waals surface area (Å²) < 4.78 is 0. The summed E-state index contributed by atoms with van der Waals surface area (Å²) in [6, 6.07) is 23.4. The molecule has 2 fully saturated rings. The van der Waals surface area contributed by atoms with Crippen molar-refractivity contribution in [2.45, 2.75) is 64.2 Å². The van der Waals surface area contributed by atoms with E-state index >= 15 is 0 Å². The molecule has 4 aromatic rings. The number of aliphatic hydroxyl groups is 1. The average molecular weight is 684 g/mol. The number of carbonyl (C=O) groups is 1. The van der Waals surface area contributed by atoms with Crippen LogP contribution in [0.15, 0.2) is 78.7 Å². The SMILES string of the molecule is O=C(/C=C(\O)C1CCCCC1)C1CCCCC1.[Ir].[c-]1ccccc1-c1ncc2ccc3ccccc3c2n1. The number of hydrogen-bond donors (Lipinski definition) is 1. The van der Waals surface area contributed by atoms with E-state index < -0.39 is 0 Å². The van der Waals surface area contributed by atoms with Crippen molar-refractivity contribution in [3.63, 3.8) is 0 Å². The Labute approximate surface area is 239 Å². The first kappa shape index (κ1) is 28.1. The van der Waals surface area contributed by atoms with Crippen molar-refractivity contribution in [2.75, 3.05) is 0 Å². The Morgan fingerprint density at radius 2 is 1.47 bits per heavy atom. The third-order valence-electron chi connectivity index (χ3n) is 7.75. The van der Waals surface area contributed by atoms with E-state index in [2.05, 4.69) is 35.3 Å². The van der Waals surface area contributed by atoms with Gasteiger partial charge in [0.05, 0.1) is 17.1 Å². The topological polar surface area (TPSA) is 63.1 Å². The van der Waals surface area contributed by atoms with Crippen molar-refractivity contribution in [3.8, 4) is 11.4 Å². The van der Waals surface area contributed by atoms with Crippen LogP contribution in [0.25, 0.3) is 33.1 Å². The molecule has 0 atom stereocenters. The molecule has 38 heavy (non-hydrogen) atoms. The van der Waals surface area contributed by atoms with Crippen molar-refractivity contribution in [2.24, 2.45) is 11.8 Å². The van der Waals surface area contributed by atoms with Gasteiger partial charge in [-0.3, -0.25) is 14.8 Å². The van der Waals surface area contributed by atoms with E-state index in [0.29, 0.717) is 5.76 Å². The standard InChI is InChI=1S/C18H11N2.C15H24O2.Ir/c1-2-7-14(8-3-1)18-19-12-15-11-10-13-6-4-5-9-16(13)17(15)20-18;16-14(12-7-3-1-4-8-12)11-15(17)13-9-5-2-6-10-13;/h1-7,9-12H;11-13,16H,1-10H2;/q-1;;/b;14-11-;. The first-order valence-corrected chi connectivity index (χ1v) is 13.7. The maximum absolute atomic E-state index is 12.0. The predicted molar refractivity (Wildman–Crippen MR) is 150 cm³/mol. The summed E-state index contributed by atoms with van der Waals surface area (Å²) in [5.41, 5.74) is 1.91. The zero-order chi connectivity index (χ0) is 25.5. The van der Waals surface area contributed by atoms with Gasteiger partial charge in [0.1, 0.15) is 0 Å². The number of rotatable bonds is 4. The predicted octanol–water partition coefficient (Wildman–Crippen LogP) is 8.41. The van der Waals surface area contributed by atoms with Crippen LogP contribution in [0.4, 0.5) is 0 Å². The molecule has 199 valence electrons. The van der Waals surface area contributed by atoms with Gasteiger partial charge in [0, 0.05) is 55.0 Å². The molecule has 6 rings (SSSR count). The van der Waals surface area contributed by atoms with Crippen LogP contribution in [-0.2, 0) is 24.9 Å². The van der Waals surface area contributed by atoms with Gasteiger partial charge in [0.15, 0.2) is 5.78 Å². The summed E-state index contributed by atoms with van der Waals surface area (Å²) >= 11 is 0. The molecule has 0 unspecified atom stereocenters. The van der Waals surface area contributed by atoms with Crippen molar-refractivity contribution in [1.29, 1.82) is 0 Å². The smallest absolute Gasteiger partial charge is 0.162 e. The second-order valence-electron chi connectivity index (χ2n) is 10.3. The Balaban J connectivity index is 0.000000175. The molecule has 2 aliphatic carbocycles. The summed E-state index contributed by atoms with van der Waals surface area (Å²) in [5, 5.41) is 13.4. The monoisotopic (exact) mass is 684 g/mol. The van der Waals surface area contributed by atoms with Gasteiger partial charge < -0.3 is 5.11 Å². The maximum Gasteiger partial charge on any atom is 0.162 e. The van der Waals surface area contributed by atoms with Crippen LogP contribution in [0.3, 0.4) is 0 Å². The third-order valence-corrected chi connectivity index (χ3v) is 7.75. The quantitative estimate of drug-likeness (QED) is 0.102. The second-order valence-corrected chi connectivity index (χ2v) is 10.3. The molecule has 3 aromatic carbocycles. The van der Waals surface area contributed by atoms with Gasteiger partial charge in [0.2, 0.25) is 0 Å². The molecule has 0 amide bonds. The largest absolute Gasteiger partial charge is 0.512 e. The van der Waals surface area contributed by atoms with E-state index in [0.717, 1.165) is 53.4 Å². The minimum absolute atomic E-state index is 0. The number of aromatic nitrogens is 2. The Morgan fingerprint density at radius 1 is 0.816 bits per heavy atom. The van der Waals surface area contributed by atoms with Crippen LogP contribution in [-0.4, -0.2) is 20.9 Å². The van der Waals surface area contributed by atoms with E-state index in [1.54, 1.807) is 6.08 Å². The molecule has 0 saturated heterocycles. The van der Waals surface area contributed by atoms with E-state index in [4.69, 9.17) is 4.98 Å². The number of ketones is 1. The van der Waals surface area contributed by atoms with Crippen LogP contribution in [0, 0.1) is 17.9 Å². The summed E-state index contributed by atoms with van der Waals surface area (Å²) in [4.78, 5) is 21.2. The van der Waals surface area contributed by atoms with Gasteiger partial charge in [-0.15, -0.1) is 35.9 Å². The number of nitrogens with zero attached hydrogens (tertiary/aromatic N) is 2. The van der Waals surface area contributed by atoms with E-state index in [1.165, 1.54) is 43.9 Å². The average Bonchev–Trinajstić information content (AvgIpc) is 2.98. The normalized spacial score (nSPS) is 16.9. The van der Waals surface area contributed by atoms with Gasteiger partial charge in [-0.25, -0.2) is 0 Å². The summed E-state index contributed by atoms with van der Waals surface area (Å²) in [7, 11) is 0. The molecule has 1 N–H and O–H groups in total. The number of carbonyl (C=O) groups excluding carboxylic acids is 1. The Kier molecular flexibility index (Phi) is 10.2. The Hall–Kier alpha value is -2.88. The molecule has 5 heteroatoms. The number of allylic oxidation sites excluding steroid dienone is 2. The zero-order valence-corrected chi connectivity index (χ0v) is 24.1. The second kappa shape index (κ2) is 13.8. The minimum Gasteiger partial charge on any atom is -0.512 e. The fraction of sp³-hybridized carbons (Fsp3) is 0.364. The molecule has 4 nitrogen and oxygen atoms in total. The van der Waals surface area contributed by atoms with Crippen LogP contribution < -0.4 is 0 Å². The van der Waals surface area contributed by atoms with Crippen molar-refractivity contribution < 1.29 is 30.0 Å². The van der Waals surface area contributed by atoms with Gasteiger partial charge in [-0.2, -0.15) is 0 Å². The fourth-order valence-electron chi connectivity index (χ4n) is 5.60. The number of benzene rings is 3. The van der Waals surface area contributed by atoms with Crippen LogP contribution >= 0.6 is 0 Å². The molecule has 0 bridgehead atoms. The maximum atomic E-state index is 12.0. The Morgan fingerprint density at radius 3 is 2.18 bits per heavy atom. The van der Waals surface area contributed by atoms with Crippen molar-refractivity contribution >= 4 is 27.5 Å². The van der Waals surface area contributed by atoms with E-state index in [9.17, 15) is 9.90 Å². The summed E-state index contributed by atoms with van der Waals surface area (Å²) in [6.07, 6.45) is 14.9. The first-order chi connectivity index (χ1) is 18.2. The van der Waals surface area contributed by atoms with Crippen molar-refractivity contribution in [1.82, 2.24) is 9.97 Å². The van der Waals surface area contributed by atoms with Crippen LogP contribution in [0.1, 0.15) is 64.2 Å². The summed E-state index contributed by atoms with van der Waals surface area (Å²) in [5.74, 6) is 1.70. The van der Waals surface area contributed by atoms with Crippen LogP contribution in [0.2, 0.25) is 0 Å². The fourth-order valence-corrected chi connectivity index (χ4v) is 5.60. The molecular weight excluding hydrogens is 649 g/mol.